The van der Waals surface area contributed by atoms with Crippen molar-refractivity contribution in [2.75, 3.05) is 0 Å². The van der Waals surface area contributed by atoms with E-state index >= 15 is 0 Å². The van der Waals surface area contributed by atoms with Gasteiger partial charge in [-0.15, -0.1) is 0 Å². The molecule has 1 aromatic rings. The molecule has 0 radical (unpaired) electrons. The van der Waals surface area contributed by atoms with Crippen LogP contribution in [0.1, 0.15) is 11.1 Å². The summed E-state index contributed by atoms with van der Waals surface area (Å²) in [6, 6.07) is 9.81. The summed E-state index contributed by atoms with van der Waals surface area (Å²) in [5.74, 6) is 0. The average Bonchev–Trinajstić information content (AvgIpc) is 2.45. The number of aryl methyl sites for hydroxylation is 1. The molecule has 5 heteroatoms. The number of oxime groups is 1. The van der Waals surface area contributed by atoms with Gasteiger partial charge in [-0.3, -0.25) is 0 Å². The predicted molar refractivity (Wildman–Crippen MR) is 83.9 cm³/mol. The van der Waals surface area contributed by atoms with Crippen molar-refractivity contribution >= 4 is 38.8 Å². The zero-order valence-electron chi connectivity index (χ0n) is 10.6. The zero-order chi connectivity index (χ0) is 14.7. The van der Waals surface area contributed by atoms with Gasteiger partial charge in [0.1, 0.15) is 11.8 Å². The van der Waals surface area contributed by atoms with Crippen molar-refractivity contribution in [2.45, 2.75) is 6.92 Å². The molecule has 0 spiro atoms. The summed E-state index contributed by atoms with van der Waals surface area (Å²) >= 11 is 9.46. The molecule has 1 aliphatic carbocycles. The summed E-state index contributed by atoms with van der Waals surface area (Å²) < 4.78 is 0.569. The molecular formula is C15H10BrClN2O. The SMILES string of the molecule is Cc1ccc(/C(C#N)=C2C=C(Br)/C(=N\O)C=C\2Cl)cc1. The third kappa shape index (κ3) is 2.84. The van der Waals surface area contributed by atoms with Crippen molar-refractivity contribution in [3.05, 3.63) is 62.6 Å². The Balaban J connectivity index is 2.61. The molecule has 0 saturated heterocycles. The fourth-order valence-corrected chi connectivity index (χ4v) is 2.48. The standard InChI is InChI=1S/C15H10BrClN2O/c1-9-2-4-10(5-3-9)12(8-18)11-6-13(16)15(19-20)7-14(11)17/h2-7,20H,1H3/b12-11+,19-15-. The molecular weight excluding hydrogens is 340 g/mol. The Morgan fingerprint density at radius 3 is 2.50 bits per heavy atom. The molecule has 0 atom stereocenters. The highest BCUT2D eigenvalue weighted by Gasteiger charge is 2.18. The minimum Gasteiger partial charge on any atom is -0.410 e. The van der Waals surface area contributed by atoms with Gasteiger partial charge < -0.3 is 5.21 Å². The number of nitrogens with zero attached hydrogens (tertiary/aromatic N) is 2. The summed E-state index contributed by atoms with van der Waals surface area (Å²) in [7, 11) is 0. The normalized spacial score (nSPS) is 19.2. The first kappa shape index (κ1) is 14.6. The summed E-state index contributed by atoms with van der Waals surface area (Å²) in [5.41, 5.74) is 3.30. The van der Waals surface area contributed by atoms with Crippen LogP contribution in [0.2, 0.25) is 0 Å². The first-order chi connectivity index (χ1) is 9.56. The van der Waals surface area contributed by atoms with E-state index in [-0.39, 0.29) is 0 Å². The van der Waals surface area contributed by atoms with Crippen LogP contribution in [0.15, 0.2) is 56.7 Å². The molecule has 0 bridgehead atoms. The van der Waals surface area contributed by atoms with Crippen molar-refractivity contribution in [3.63, 3.8) is 0 Å². The van der Waals surface area contributed by atoms with Crippen molar-refractivity contribution in [1.29, 1.82) is 5.26 Å². The van der Waals surface area contributed by atoms with Gasteiger partial charge in [-0.2, -0.15) is 5.26 Å². The number of nitriles is 1. The Labute approximate surface area is 130 Å². The molecule has 1 N–H and O–H groups in total. The second-order valence-electron chi connectivity index (χ2n) is 4.24. The third-order valence-corrected chi connectivity index (χ3v) is 3.81. The van der Waals surface area contributed by atoms with Crippen LogP contribution in [0, 0.1) is 18.3 Å². The van der Waals surface area contributed by atoms with Crippen LogP contribution >= 0.6 is 27.5 Å². The van der Waals surface area contributed by atoms with E-state index in [2.05, 4.69) is 27.2 Å². The summed E-state index contributed by atoms with van der Waals surface area (Å²) in [6.45, 7) is 1.98. The van der Waals surface area contributed by atoms with E-state index in [0.29, 0.717) is 26.4 Å². The molecule has 1 aromatic carbocycles. The van der Waals surface area contributed by atoms with Crippen molar-refractivity contribution in [3.8, 4) is 6.07 Å². The predicted octanol–water partition coefficient (Wildman–Crippen LogP) is 4.52. The monoisotopic (exact) mass is 348 g/mol. The number of halogens is 2. The molecule has 0 unspecified atom stereocenters. The van der Waals surface area contributed by atoms with Crippen LogP contribution in [0.3, 0.4) is 0 Å². The molecule has 0 aliphatic heterocycles. The molecule has 20 heavy (non-hydrogen) atoms. The molecule has 3 nitrogen and oxygen atoms in total. The zero-order valence-corrected chi connectivity index (χ0v) is 12.9. The van der Waals surface area contributed by atoms with Crippen molar-refractivity contribution < 1.29 is 5.21 Å². The lowest BCUT2D eigenvalue weighted by Gasteiger charge is -2.12. The minimum absolute atomic E-state index is 0.319. The molecule has 0 saturated carbocycles. The first-order valence-electron chi connectivity index (χ1n) is 5.75. The number of hydrogen-bond donors (Lipinski definition) is 1. The molecule has 2 rings (SSSR count). The van der Waals surface area contributed by atoms with E-state index < -0.39 is 0 Å². The maximum atomic E-state index is 9.41. The van der Waals surface area contributed by atoms with E-state index in [4.69, 9.17) is 16.8 Å². The van der Waals surface area contributed by atoms with Crippen LogP contribution in [0.25, 0.3) is 5.57 Å². The van der Waals surface area contributed by atoms with Crippen molar-refractivity contribution in [2.24, 2.45) is 5.16 Å². The van der Waals surface area contributed by atoms with E-state index in [1.165, 1.54) is 6.08 Å². The second kappa shape index (κ2) is 6.08. The maximum Gasteiger partial charge on any atom is 0.118 e. The fraction of sp³-hybridized carbons (Fsp3) is 0.0667. The summed E-state index contributed by atoms with van der Waals surface area (Å²) in [4.78, 5) is 0. The summed E-state index contributed by atoms with van der Waals surface area (Å²) in [6.07, 6.45) is 3.18. The van der Waals surface area contributed by atoms with Gasteiger partial charge in [-0.25, -0.2) is 0 Å². The maximum absolute atomic E-state index is 9.41. The van der Waals surface area contributed by atoms with Crippen LogP contribution in [0.4, 0.5) is 0 Å². The molecule has 0 fully saturated rings. The number of benzene rings is 1. The van der Waals surface area contributed by atoms with Gasteiger partial charge in [0.15, 0.2) is 0 Å². The van der Waals surface area contributed by atoms with Crippen LogP contribution in [-0.4, -0.2) is 10.9 Å². The Kier molecular flexibility index (Phi) is 4.43. The van der Waals surface area contributed by atoms with E-state index in [1.807, 2.05) is 31.2 Å². The minimum atomic E-state index is 0.319. The second-order valence-corrected chi connectivity index (χ2v) is 5.50. The number of rotatable bonds is 1. The van der Waals surface area contributed by atoms with Gasteiger partial charge in [0.05, 0.1) is 10.6 Å². The van der Waals surface area contributed by atoms with Gasteiger partial charge in [-0.05, 0) is 40.6 Å². The summed E-state index contributed by atoms with van der Waals surface area (Å²) in [5, 5.41) is 21.7. The molecule has 0 amide bonds. The van der Waals surface area contributed by atoms with Crippen LogP contribution in [0.5, 0.6) is 0 Å². The van der Waals surface area contributed by atoms with E-state index in [0.717, 1.165) is 11.1 Å². The highest BCUT2D eigenvalue weighted by molar-refractivity contribution is 9.12. The molecule has 0 aromatic heterocycles. The Morgan fingerprint density at radius 1 is 1.30 bits per heavy atom. The molecule has 100 valence electrons. The Bertz CT molecular complexity index is 706. The Hall–Kier alpha value is -1.83. The molecule has 0 heterocycles. The van der Waals surface area contributed by atoms with Crippen molar-refractivity contribution in [1.82, 2.24) is 0 Å². The van der Waals surface area contributed by atoms with E-state index in [9.17, 15) is 5.26 Å². The van der Waals surface area contributed by atoms with Gasteiger partial charge in [0, 0.05) is 10.1 Å². The lowest BCUT2D eigenvalue weighted by atomic mass is 9.96. The fourth-order valence-electron chi connectivity index (χ4n) is 1.81. The quantitative estimate of drug-likeness (QED) is 0.460. The Morgan fingerprint density at radius 2 is 1.95 bits per heavy atom. The average molecular weight is 350 g/mol. The van der Waals surface area contributed by atoms with Gasteiger partial charge in [0.25, 0.3) is 0 Å². The topological polar surface area (TPSA) is 56.4 Å². The number of hydrogen-bond acceptors (Lipinski definition) is 3. The lowest BCUT2D eigenvalue weighted by molar-refractivity contribution is 0.320. The third-order valence-electron chi connectivity index (χ3n) is 2.87. The largest absolute Gasteiger partial charge is 0.410 e. The lowest BCUT2D eigenvalue weighted by Crippen LogP contribution is -2.03. The van der Waals surface area contributed by atoms with Gasteiger partial charge in [0.2, 0.25) is 0 Å². The highest BCUT2D eigenvalue weighted by Crippen LogP contribution is 2.33. The van der Waals surface area contributed by atoms with E-state index in [1.54, 1.807) is 6.08 Å². The van der Waals surface area contributed by atoms with Gasteiger partial charge in [-0.1, -0.05) is 46.6 Å². The highest BCUT2D eigenvalue weighted by atomic mass is 79.9. The molecule has 1 aliphatic rings. The van der Waals surface area contributed by atoms with Gasteiger partial charge >= 0.3 is 0 Å². The van der Waals surface area contributed by atoms with Crippen LogP contribution < -0.4 is 0 Å². The smallest absolute Gasteiger partial charge is 0.118 e. The first-order valence-corrected chi connectivity index (χ1v) is 6.92. The number of allylic oxidation sites excluding steroid dienone is 6. The van der Waals surface area contributed by atoms with Crippen LogP contribution in [-0.2, 0) is 0 Å².